The average molecular weight is 371 g/mol. The Morgan fingerprint density at radius 3 is 2.74 bits per heavy atom. The number of ether oxygens (including phenoxy) is 3. The van der Waals surface area contributed by atoms with E-state index in [0.717, 1.165) is 6.42 Å². The molecule has 5 nitrogen and oxygen atoms in total. The highest BCUT2D eigenvalue weighted by Crippen LogP contribution is 2.43. The van der Waals surface area contributed by atoms with Gasteiger partial charge < -0.3 is 14.2 Å². The van der Waals surface area contributed by atoms with Gasteiger partial charge in [0, 0.05) is 0 Å². The van der Waals surface area contributed by atoms with Crippen LogP contribution in [-0.4, -0.2) is 30.1 Å². The molecule has 1 saturated heterocycles. The minimum absolute atomic E-state index is 0.0170. The zero-order valence-electron chi connectivity index (χ0n) is 16.8. The van der Waals surface area contributed by atoms with Crippen molar-refractivity contribution in [2.75, 3.05) is 6.61 Å². The highest BCUT2D eigenvalue weighted by atomic mass is 16.8. The minimum Gasteiger partial charge on any atom is -0.462 e. The van der Waals surface area contributed by atoms with Gasteiger partial charge in [-0.05, 0) is 58.3 Å². The number of hydrogen-bond donors (Lipinski definition) is 0. The summed E-state index contributed by atoms with van der Waals surface area (Å²) in [5.41, 5.74) is -0.751. The Hall–Kier alpha value is -2.08. The smallest absolute Gasteiger partial charge is 0.348 e. The Balaban J connectivity index is 2.27. The molecule has 27 heavy (non-hydrogen) atoms. The van der Waals surface area contributed by atoms with Crippen molar-refractivity contribution < 1.29 is 19.0 Å². The zero-order chi connectivity index (χ0) is 20.2. The molecule has 0 saturated carbocycles. The predicted molar refractivity (Wildman–Crippen MR) is 102 cm³/mol. The standard InChI is InChI=1S/C22H29NO4/c1-7-22(6)19(26-21(4,5)27-22)13-16-11-9-10-15(3)18(16)12-17(14-23)20(24)25-8-2/h1,9-10,12,15-16,18-19H,8,11,13H2,2-6H3/b17-12+/t15-,16-,18-,19+,22+/m1/s1. The van der Waals surface area contributed by atoms with Crippen LogP contribution in [0.25, 0.3) is 0 Å². The first kappa shape index (κ1) is 21.2. The fraction of sp³-hybridized carbons (Fsp3) is 0.636. The van der Waals surface area contributed by atoms with Crippen molar-refractivity contribution in [1.82, 2.24) is 0 Å². The Bertz CT molecular complexity index is 709. The molecule has 0 unspecified atom stereocenters. The van der Waals surface area contributed by atoms with Crippen LogP contribution in [-0.2, 0) is 19.0 Å². The van der Waals surface area contributed by atoms with E-state index in [1.54, 1.807) is 13.0 Å². The van der Waals surface area contributed by atoms with Gasteiger partial charge in [-0.15, -0.1) is 6.42 Å². The monoisotopic (exact) mass is 371 g/mol. The molecule has 2 aliphatic rings. The summed E-state index contributed by atoms with van der Waals surface area (Å²) < 4.78 is 17.0. The molecule has 0 radical (unpaired) electrons. The maximum absolute atomic E-state index is 12.0. The molecule has 2 rings (SSSR count). The van der Waals surface area contributed by atoms with Gasteiger partial charge in [0.25, 0.3) is 0 Å². The molecule has 1 aliphatic heterocycles. The van der Waals surface area contributed by atoms with Crippen molar-refractivity contribution in [1.29, 1.82) is 5.26 Å². The van der Waals surface area contributed by atoms with Gasteiger partial charge in [-0.1, -0.05) is 31.1 Å². The first-order valence-electron chi connectivity index (χ1n) is 9.47. The first-order chi connectivity index (χ1) is 12.7. The second-order valence-electron chi connectivity index (χ2n) is 7.87. The van der Waals surface area contributed by atoms with Gasteiger partial charge in [0.05, 0.1) is 6.61 Å². The lowest BCUT2D eigenvalue weighted by molar-refractivity contribution is -0.153. The summed E-state index contributed by atoms with van der Waals surface area (Å²) in [6.45, 7) is 9.64. The Morgan fingerprint density at radius 2 is 2.15 bits per heavy atom. The third-order valence-corrected chi connectivity index (χ3v) is 5.31. The predicted octanol–water partition coefficient (Wildman–Crippen LogP) is 3.76. The first-order valence-corrected chi connectivity index (χ1v) is 9.47. The largest absolute Gasteiger partial charge is 0.462 e. The molecule has 0 N–H and O–H groups in total. The lowest BCUT2D eigenvalue weighted by Crippen LogP contribution is -2.38. The van der Waals surface area contributed by atoms with Crippen LogP contribution < -0.4 is 0 Å². The van der Waals surface area contributed by atoms with Crippen LogP contribution in [0.5, 0.6) is 0 Å². The van der Waals surface area contributed by atoms with E-state index in [9.17, 15) is 10.1 Å². The molecular weight excluding hydrogens is 342 g/mol. The lowest BCUT2D eigenvalue weighted by atomic mass is 9.72. The van der Waals surface area contributed by atoms with Crippen LogP contribution in [0, 0.1) is 41.4 Å². The normalized spacial score (nSPS) is 35.3. The SMILES string of the molecule is C#C[C@]1(C)OC(C)(C)O[C@H]1C[C@H]1CC=C[C@@H](C)[C@H]1/C=C(\C#N)C(=O)OCC. The van der Waals surface area contributed by atoms with E-state index in [1.165, 1.54) is 0 Å². The molecule has 1 aliphatic carbocycles. The van der Waals surface area contributed by atoms with Crippen molar-refractivity contribution in [2.45, 2.75) is 65.0 Å². The molecular formula is C22H29NO4. The van der Waals surface area contributed by atoms with Crippen LogP contribution >= 0.6 is 0 Å². The molecule has 146 valence electrons. The van der Waals surface area contributed by atoms with E-state index in [1.807, 2.05) is 26.8 Å². The fourth-order valence-electron chi connectivity index (χ4n) is 4.00. The van der Waals surface area contributed by atoms with E-state index in [2.05, 4.69) is 25.0 Å². The molecule has 5 atom stereocenters. The number of terminal acetylenes is 1. The number of allylic oxidation sites excluding steroid dienone is 3. The van der Waals surface area contributed by atoms with E-state index < -0.39 is 17.4 Å². The van der Waals surface area contributed by atoms with Crippen LogP contribution in [0.15, 0.2) is 23.8 Å². The van der Waals surface area contributed by atoms with Gasteiger partial charge in [0.2, 0.25) is 0 Å². The van der Waals surface area contributed by atoms with Crippen molar-refractivity contribution in [3.05, 3.63) is 23.8 Å². The highest BCUT2D eigenvalue weighted by molar-refractivity contribution is 5.92. The number of rotatable bonds is 5. The molecule has 0 aromatic rings. The van der Waals surface area contributed by atoms with E-state index in [4.69, 9.17) is 20.6 Å². The Labute approximate surface area is 162 Å². The molecule has 0 aromatic carbocycles. The third kappa shape index (κ3) is 4.80. The second kappa shape index (κ2) is 8.30. The number of nitriles is 1. The maximum atomic E-state index is 12.0. The maximum Gasteiger partial charge on any atom is 0.348 e. The van der Waals surface area contributed by atoms with Crippen molar-refractivity contribution in [2.24, 2.45) is 17.8 Å². The van der Waals surface area contributed by atoms with Gasteiger partial charge in [-0.25, -0.2) is 4.79 Å². The van der Waals surface area contributed by atoms with Crippen LogP contribution in [0.4, 0.5) is 0 Å². The molecule has 1 fully saturated rings. The van der Waals surface area contributed by atoms with Gasteiger partial charge in [0.1, 0.15) is 17.7 Å². The van der Waals surface area contributed by atoms with E-state index in [-0.39, 0.29) is 36.0 Å². The summed E-state index contributed by atoms with van der Waals surface area (Å²) in [6, 6.07) is 1.98. The number of nitrogens with zero attached hydrogens (tertiary/aromatic N) is 1. The Morgan fingerprint density at radius 1 is 1.44 bits per heavy atom. The van der Waals surface area contributed by atoms with Crippen molar-refractivity contribution in [3.8, 4) is 18.4 Å². The topological polar surface area (TPSA) is 68.5 Å². The number of carbonyl (C=O) groups excluding carboxylic acids is 1. The number of hydrogen-bond acceptors (Lipinski definition) is 5. The highest BCUT2D eigenvalue weighted by Gasteiger charge is 2.50. The number of carbonyl (C=O) groups is 1. The van der Waals surface area contributed by atoms with E-state index >= 15 is 0 Å². The molecule has 5 heteroatoms. The van der Waals surface area contributed by atoms with Crippen molar-refractivity contribution in [3.63, 3.8) is 0 Å². The fourth-order valence-corrected chi connectivity index (χ4v) is 4.00. The summed E-state index contributed by atoms with van der Waals surface area (Å²) in [5.74, 6) is 1.81. The minimum atomic E-state index is -0.804. The zero-order valence-corrected chi connectivity index (χ0v) is 16.8. The third-order valence-electron chi connectivity index (χ3n) is 5.31. The molecule has 0 spiro atoms. The summed E-state index contributed by atoms with van der Waals surface area (Å²) in [4.78, 5) is 12.0. The molecule has 0 amide bonds. The van der Waals surface area contributed by atoms with Gasteiger partial charge >= 0.3 is 5.97 Å². The summed E-state index contributed by atoms with van der Waals surface area (Å²) in [6.07, 6.45) is 13.0. The summed E-state index contributed by atoms with van der Waals surface area (Å²) in [7, 11) is 0. The average Bonchev–Trinajstić information content (AvgIpc) is 2.83. The van der Waals surface area contributed by atoms with Gasteiger partial charge in [-0.3, -0.25) is 0 Å². The summed E-state index contributed by atoms with van der Waals surface area (Å²) >= 11 is 0. The van der Waals surface area contributed by atoms with Crippen LogP contribution in [0.1, 0.15) is 47.5 Å². The van der Waals surface area contributed by atoms with Gasteiger partial charge in [-0.2, -0.15) is 5.26 Å². The number of esters is 1. The van der Waals surface area contributed by atoms with Gasteiger partial charge in [0.15, 0.2) is 11.4 Å². The summed E-state index contributed by atoms with van der Waals surface area (Å²) in [5, 5.41) is 9.39. The molecule has 0 aromatic heterocycles. The van der Waals surface area contributed by atoms with E-state index in [0.29, 0.717) is 6.42 Å². The Kier molecular flexibility index (Phi) is 6.52. The quantitative estimate of drug-likeness (QED) is 0.242. The van der Waals surface area contributed by atoms with Crippen LogP contribution in [0.3, 0.4) is 0 Å². The lowest BCUT2D eigenvalue weighted by Gasteiger charge is -2.34. The second-order valence-corrected chi connectivity index (χ2v) is 7.87. The molecule has 1 heterocycles. The van der Waals surface area contributed by atoms with Crippen LogP contribution in [0.2, 0.25) is 0 Å². The molecule has 0 bridgehead atoms. The van der Waals surface area contributed by atoms with Crippen molar-refractivity contribution >= 4 is 5.97 Å².